The van der Waals surface area contributed by atoms with Crippen molar-refractivity contribution in [2.24, 2.45) is 0 Å². The minimum atomic E-state index is -0.932. The van der Waals surface area contributed by atoms with Crippen molar-refractivity contribution in [1.29, 1.82) is 0 Å². The Morgan fingerprint density at radius 1 is 1.15 bits per heavy atom. The van der Waals surface area contributed by atoms with E-state index in [0.29, 0.717) is 5.82 Å². The number of carbonyl (C=O) groups is 2. The first-order valence-corrected chi connectivity index (χ1v) is 8.28. The van der Waals surface area contributed by atoms with E-state index in [9.17, 15) is 9.59 Å². The third-order valence-electron chi connectivity index (χ3n) is 3.60. The summed E-state index contributed by atoms with van der Waals surface area (Å²) in [7, 11) is 1.59. The van der Waals surface area contributed by atoms with Gasteiger partial charge >= 0.3 is 5.97 Å². The number of benzene rings is 1. The maximum Gasteiger partial charge on any atom is 0.331 e. The summed E-state index contributed by atoms with van der Waals surface area (Å²) in [5, 5.41) is 6.85. The van der Waals surface area contributed by atoms with Gasteiger partial charge in [0, 0.05) is 18.2 Å². The van der Waals surface area contributed by atoms with Crippen molar-refractivity contribution in [3.63, 3.8) is 0 Å². The Bertz CT molecular complexity index is 778. The van der Waals surface area contributed by atoms with Gasteiger partial charge in [0.05, 0.1) is 13.3 Å². The molecule has 0 aliphatic carbocycles. The molecule has 0 aliphatic rings. The minimum Gasteiger partial charge on any atom is -0.497 e. The number of hydrogen-bond donors (Lipinski definition) is 1. The van der Waals surface area contributed by atoms with E-state index in [2.05, 4.69) is 10.4 Å². The number of aromatic nitrogens is 2. The zero-order valence-corrected chi connectivity index (χ0v) is 15.3. The van der Waals surface area contributed by atoms with Crippen LogP contribution in [0.1, 0.15) is 32.4 Å². The number of ether oxygens (including phenoxy) is 2. The van der Waals surface area contributed by atoms with Crippen LogP contribution in [-0.4, -0.2) is 34.9 Å². The molecule has 2 rings (SSSR count). The van der Waals surface area contributed by atoms with Crippen LogP contribution in [0, 0.1) is 0 Å². The molecule has 1 amide bonds. The Labute approximate surface area is 152 Å². The standard InChI is InChI=1S/C19H23N3O4/c1-13(2)22-17(11-12-20-22)21-19(24)14(3)26-18(23)10-7-15-5-8-16(25-4)9-6-15/h5-14H,1-4H3,(H,21,24)/b10-7+/t14-/m1/s1. The molecule has 0 radical (unpaired) electrons. The zero-order valence-electron chi connectivity index (χ0n) is 15.3. The topological polar surface area (TPSA) is 82.4 Å². The molecule has 2 aromatic rings. The van der Waals surface area contributed by atoms with Crippen LogP contribution in [0.2, 0.25) is 0 Å². The normalized spacial score (nSPS) is 12.2. The van der Waals surface area contributed by atoms with Crippen LogP contribution >= 0.6 is 0 Å². The highest BCUT2D eigenvalue weighted by Gasteiger charge is 2.18. The van der Waals surface area contributed by atoms with Gasteiger partial charge in [-0.05, 0) is 44.5 Å². The molecule has 138 valence electrons. The van der Waals surface area contributed by atoms with Crippen molar-refractivity contribution < 1.29 is 19.1 Å². The molecule has 0 aliphatic heterocycles. The van der Waals surface area contributed by atoms with Crippen molar-refractivity contribution in [1.82, 2.24) is 9.78 Å². The molecule has 0 bridgehead atoms. The van der Waals surface area contributed by atoms with Gasteiger partial charge in [-0.15, -0.1) is 0 Å². The molecule has 0 saturated carbocycles. The smallest absolute Gasteiger partial charge is 0.331 e. The molecule has 0 saturated heterocycles. The zero-order chi connectivity index (χ0) is 19.1. The van der Waals surface area contributed by atoms with Crippen LogP contribution < -0.4 is 10.1 Å². The lowest BCUT2D eigenvalue weighted by Crippen LogP contribution is -2.30. The molecular weight excluding hydrogens is 334 g/mol. The Kier molecular flexibility index (Phi) is 6.54. The highest BCUT2D eigenvalue weighted by atomic mass is 16.5. The number of nitrogens with one attached hydrogen (secondary N) is 1. The number of esters is 1. The highest BCUT2D eigenvalue weighted by Crippen LogP contribution is 2.14. The van der Waals surface area contributed by atoms with Gasteiger partial charge in [-0.3, -0.25) is 4.79 Å². The number of nitrogens with zero attached hydrogens (tertiary/aromatic N) is 2. The van der Waals surface area contributed by atoms with Crippen LogP contribution in [0.15, 0.2) is 42.6 Å². The Morgan fingerprint density at radius 3 is 2.46 bits per heavy atom. The minimum absolute atomic E-state index is 0.102. The van der Waals surface area contributed by atoms with Crippen LogP contribution in [0.4, 0.5) is 5.82 Å². The van der Waals surface area contributed by atoms with E-state index in [1.165, 1.54) is 13.0 Å². The van der Waals surface area contributed by atoms with Crippen molar-refractivity contribution in [2.75, 3.05) is 12.4 Å². The monoisotopic (exact) mass is 357 g/mol. The molecule has 0 fully saturated rings. The Morgan fingerprint density at radius 2 is 1.85 bits per heavy atom. The summed E-state index contributed by atoms with van der Waals surface area (Å²) in [5.41, 5.74) is 0.820. The van der Waals surface area contributed by atoms with E-state index in [4.69, 9.17) is 9.47 Å². The molecule has 26 heavy (non-hydrogen) atoms. The van der Waals surface area contributed by atoms with Gasteiger partial charge in [0.25, 0.3) is 5.91 Å². The number of methoxy groups -OCH3 is 1. The third-order valence-corrected chi connectivity index (χ3v) is 3.60. The predicted octanol–water partition coefficient (Wildman–Crippen LogP) is 3.06. The van der Waals surface area contributed by atoms with Crippen LogP contribution in [-0.2, 0) is 14.3 Å². The van der Waals surface area contributed by atoms with Gasteiger partial charge in [0.15, 0.2) is 6.10 Å². The molecule has 7 nitrogen and oxygen atoms in total. The van der Waals surface area contributed by atoms with Gasteiger partial charge in [-0.2, -0.15) is 5.10 Å². The van der Waals surface area contributed by atoms with E-state index < -0.39 is 18.0 Å². The van der Waals surface area contributed by atoms with Crippen molar-refractivity contribution >= 4 is 23.8 Å². The summed E-state index contributed by atoms with van der Waals surface area (Å²) in [6, 6.07) is 9.00. The first kappa shape index (κ1) is 19.2. The van der Waals surface area contributed by atoms with Crippen molar-refractivity contribution in [3.8, 4) is 5.75 Å². The van der Waals surface area contributed by atoms with Crippen molar-refractivity contribution in [3.05, 3.63) is 48.2 Å². The number of carbonyl (C=O) groups excluding carboxylic acids is 2. The van der Waals surface area contributed by atoms with Gasteiger partial charge in [0.1, 0.15) is 11.6 Å². The second-order valence-corrected chi connectivity index (χ2v) is 5.93. The van der Waals surface area contributed by atoms with Crippen molar-refractivity contribution in [2.45, 2.75) is 32.9 Å². The molecule has 1 heterocycles. The SMILES string of the molecule is COc1ccc(/C=C/C(=O)O[C@H](C)C(=O)Nc2ccnn2C(C)C)cc1. The number of anilines is 1. The third kappa shape index (κ3) is 5.20. The largest absolute Gasteiger partial charge is 0.497 e. The molecular formula is C19H23N3O4. The first-order chi connectivity index (χ1) is 12.4. The number of rotatable bonds is 7. The highest BCUT2D eigenvalue weighted by molar-refractivity contribution is 5.96. The summed E-state index contributed by atoms with van der Waals surface area (Å²) < 4.78 is 11.9. The molecule has 1 aromatic heterocycles. The fourth-order valence-corrected chi connectivity index (χ4v) is 2.20. The summed E-state index contributed by atoms with van der Waals surface area (Å²) in [4.78, 5) is 24.1. The second kappa shape index (κ2) is 8.84. The summed E-state index contributed by atoms with van der Waals surface area (Å²) in [6.07, 6.45) is 3.56. The number of hydrogen-bond acceptors (Lipinski definition) is 5. The molecule has 0 unspecified atom stereocenters. The maximum absolute atomic E-state index is 12.2. The molecule has 1 atom stereocenters. The van der Waals surface area contributed by atoms with Gasteiger partial charge in [-0.25, -0.2) is 9.48 Å². The van der Waals surface area contributed by atoms with Gasteiger partial charge < -0.3 is 14.8 Å². The van der Waals surface area contributed by atoms with Crippen LogP contribution in [0.3, 0.4) is 0 Å². The molecule has 1 aromatic carbocycles. The van der Waals surface area contributed by atoms with E-state index >= 15 is 0 Å². The van der Waals surface area contributed by atoms with Crippen LogP contribution in [0.25, 0.3) is 6.08 Å². The molecule has 1 N–H and O–H groups in total. The summed E-state index contributed by atoms with van der Waals surface area (Å²) in [6.45, 7) is 5.43. The predicted molar refractivity (Wildman–Crippen MR) is 98.8 cm³/mol. The lowest BCUT2D eigenvalue weighted by molar-refractivity contribution is -0.148. The first-order valence-electron chi connectivity index (χ1n) is 8.28. The van der Waals surface area contributed by atoms with Gasteiger partial charge in [-0.1, -0.05) is 12.1 Å². The fourth-order valence-electron chi connectivity index (χ4n) is 2.20. The summed E-state index contributed by atoms with van der Waals surface area (Å²) in [5.74, 6) is 0.275. The number of amides is 1. The lowest BCUT2D eigenvalue weighted by atomic mass is 10.2. The Balaban J connectivity index is 1.90. The Hall–Kier alpha value is -3.09. The van der Waals surface area contributed by atoms with E-state index in [1.807, 2.05) is 26.0 Å². The molecule has 0 spiro atoms. The molecule has 7 heteroatoms. The lowest BCUT2D eigenvalue weighted by Gasteiger charge is -2.15. The quantitative estimate of drug-likeness (QED) is 0.608. The average molecular weight is 357 g/mol. The van der Waals surface area contributed by atoms with E-state index in [1.54, 1.807) is 42.3 Å². The van der Waals surface area contributed by atoms with Crippen LogP contribution in [0.5, 0.6) is 5.75 Å². The van der Waals surface area contributed by atoms with Gasteiger partial charge in [0.2, 0.25) is 0 Å². The second-order valence-electron chi connectivity index (χ2n) is 5.93. The average Bonchev–Trinajstić information content (AvgIpc) is 3.08. The van der Waals surface area contributed by atoms with E-state index in [-0.39, 0.29) is 6.04 Å². The summed E-state index contributed by atoms with van der Waals surface area (Å²) >= 11 is 0. The fraction of sp³-hybridized carbons (Fsp3) is 0.316. The maximum atomic E-state index is 12.2. The van der Waals surface area contributed by atoms with E-state index in [0.717, 1.165) is 11.3 Å².